The van der Waals surface area contributed by atoms with Crippen molar-refractivity contribution in [3.8, 4) is 0 Å². The normalized spacial score (nSPS) is 11.6. The van der Waals surface area contributed by atoms with Crippen LogP contribution in [-0.4, -0.2) is 95.7 Å². The molecular formula is C24H56O8Ti. The van der Waals surface area contributed by atoms with E-state index >= 15 is 0 Å². The molecule has 33 heavy (non-hydrogen) atoms. The molecule has 0 aromatic carbocycles. The van der Waals surface area contributed by atoms with Crippen LogP contribution < -0.4 is 0 Å². The zero-order valence-corrected chi connectivity index (χ0v) is 25.1. The van der Waals surface area contributed by atoms with Gasteiger partial charge in [0.15, 0.2) is 0 Å². The van der Waals surface area contributed by atoms with Gasteiger partial charge in [-0.1, -0.05) is 0 Å². The van der Waals surface area contributed by atoms with E-state index in [4.69, 9.17) is 39.4 Å². The van der Waals surface area contributed by atoms with Crippen LogP contribution in [0, 0.1) is 0 Å². The van der Waals surface area contributed by atoms with E-state index in [1.165, 1.54) is 0 Å². The SMILES string of the molecule is CC(C)(C)OCCO.CC(C)(C)OCCO.CC(C)(C)OCCO.CC(C)(C)OCCO.[Ti]. The van der Waals surface area contributed by atoms with Gasteiger partial charge in [-0.05, 0) is 83.1 Å². The molecule has 0 spiro atoms. The summed E-state index contributed by atoms with van der Waals surface area (Å²) in [4.78, 5) is 0. The minimum absolute atomic E-state index is 0. The molecule has 0 aliphatic carbocycles. The fourth-order valence-corrected chi connectivity index (χ4v) is 1.41. The Morgan fingerprint density at radius 1 is 0.364 bits per heavy atom. The van der Waals surface area contributed by atoms with Gasteiger partial charge in [0.2, 0.25) is 0 Å². The smallest absolute Gasteiger partial charge is 0.0704 e. The molecule has 0 saturated carbocycles. The van der Waals surface area contributed by atoms with Gasteiger partial charge < -0.3 is 39.4 Å². The van der Waals surface area contributed by atoms with Crippen LogP contribution in [0.25, 0.3) is 0 Å². The summed E-state index contributed by atoms with van der Waals surface area (Å²) >= 11 is 0. The number of rotatable bonds is 8. The summed E-state index contributed by atoms with van der Waals surface area (Å²) in [6, 6.07) is 0. The van der Waals surface area contributed by atoms with Crippen molar-refractivity contribution < 1.29 is 61.1 Å². The van der Waals surface area contributed by atoms with Gasteiger partial charge in [-0.3, -0.25) is 0 Å². The van der Waals surface area contributed by atoms with Gasteiger partial charge in [0, 0.05) is 21.7 Å². The zero-order valence-electron chi connectivity index (χ0n) is 23.6. The van der Waals surface area contributed by atoms with E-state index in [-0.39, 0.29) is 70.5 Å². The quantitative estimate of drug-likeness (QED) is 0.361. The Hall–Kier alpha value is 0.394. The summed E-state index contributed by atoms with van der Waals surface area (Å²) in [5.74, 6) is 0. The molecule has 0 aliphatic rings. The van der Waals surface area contributed by atoms with Crippen molar-refractivity contribution in [3.05, 3.63) is 0 Å². The van der Waals surface area contributed by atoms with Crippen LogP contribution in [-0.2, 0) is 40.7 Å². The van der Waals surface area contributed by atoms with Crippen LogP contribution >= 0.6 is 0 Å². The molecule has 8 nitrogen and oxygen atoms in total. The van der Waals surface area contributed by atoms with Crippen molar-refractivity contribution >= 4 is 0 Å². The Morgan fingerprint density at radius 3 is 0.515 bits per heavy atom. The van der Waals surface area contributed by atoms with E-state index in [9.17, 15) is 0 Å². The van der Waals surface area contributed by atoms with Crippen molar-refractivity contribution in [1.82, 2.24) is 0 Å². The van der Waals surface area contributed by atoms with E-state index in [1.54, 1.807) is 0 Å². The van der Waals surface area contributed by atoms with Gasteiger partial charge in [0.1, 0.15) is 0 Å². The number of hydrogen-bond acceptors (Lipinski definition) is 8. The number of aliphatic hydroxyl groups is 4. The molecule has 0 bridgehead atoms. The Bertz CT molecular complexity index is 295. The fourth-order valence-electron chi connectivity index (χ4n) is 1.41. The predicted molar refractivity (Wildman–Crippen MR) is 131 cm³/mol. The van der Waals surface area contributed by atoms with E-state index in [1.807, 2.05) is 83.1 Å². The van der Waals surface area contributed by atoms with Crippen LogP contribution in [0.1, 0.15) is 83.1 Å². The first kappa shape index (κ1) is 43.5. The van der Waals surface area contributed by atoms with Crippen LogP contribution in [0.2, 0.25) is 0 Å². The topological polar surface area (TPSA) is 118 Å². The summed E-state index contributed by atoms with van der Waals surface area (Å²) < 4.78 is 20.5. The Morgan fingerprint density at radius 2 is 0.485 bits per heavy atom. The molecule has 0 atom stereocenters. The maximum atomic E-state index is 8.30. The first-order chi connectivity index (χ1) is 14.2. The molecule has 204 valence electrons. The largest absolute Gasteiger partial charge is 0.394 e. The Balaban J connectivity index is -0.000000105. The molecule has 0 saturated heterocycles. The number of ether oxygens (including phenoxy) is 4. The number of hydrogen-bond donors (Lipinski definition) is 4. The second kappa shape index (κ2) is 24.1. The van der Waals surface area contributed by atoms with E-state index in [2.05, 4.69) is 0 Å². The monoisotopic (exact) mass is 520 g/mol. The van der Waals surface area contributed by atoms with Crippen molar-refractivity contribution in [2.45, 2.75) is 105 Å². The third-order valence-electron chi connectivity index (χ3n) is 2.51. The molecule has 0 fully saturated rings. The predicted octanol–water partition coefficient (Wildman–Crippen LogP) is 3.17. The van der Waals surface area contributed by atoms with Gasteiger partial charge in [-0.2, -0.15) is 0 Å². The molecule has 9 heteroatoms. The molecule has 0 aromatic rings. The first-order valence-corrected chi connectivity index (χ1v) is 11.2. The zero-order chi connectivity index (χ0) is 26.5. The third-order valence-corrected chi connectivity index (χ3v) is 2.51. The van der Waals surface area contributed by atoms with Crippen molar-refractivity contribution in [2.75, 3.05) is 52.9 Å². The van der Waals surface area contributed by atoms with Crippen molar-refractivity contribution in [3.63, 3.8) is 0 Å². The minimum Gasteiger partial charge on any atom is -0.394 e. The van der Waals surface area contributed by atoms with Gasteiger partial charge in [0.25, 0.3) is 0 Å². The van der Waals surface area contributed by atoms with E-state index < -0.39 is 0 Å². The Kier molecular flexibility index (Phi) is 31.7. The summed E-state index contributed by atoms with van der Waals surface area (Å²) in [5, 5.41) is 33.2. The van der Waals surface area contributed by atoms with Gasteiger partial charge in [-0.25, -0.2) is 0 Å². The minimum atomic E-state index is -0.108. The molecule has 0 heterocycles. The van der Waals surface area contributed by atoms with Crippen LogP contribution in [0.4, 0.5) is 0 Å². The molecule has 0 aliphatic heterocycles. The molecule has 0 radical (unpaired) electrons. The standard InChI is InChI=1S/4C6H14O2.Ti/c4*1-6(2,3)8-5-4-7;/h4*7H,4-5H2,1-3H3;. The van der Waals surface area contributed by atoms with E-state index in [0.717, 1.165) is 0 Å². The van der Waals surface area contributed by atoms with Gasteiger partial charge in [-0.15, -0.1) is 0 Å². The Labute approximate surface area is 219 Å². The summed E-state index contributed by atoms with van der Waals surface area (Å²) in [7, 11) is 0. The second-order valence-corrected chi connectivity index (χ2v) is 10.7. The molecule has 0 amide bonds. The first-order valence-electron chi connectivity index (χ1n) is 11.2. The summed E-state index contributed by atoms with van der Waals surface area (Å²) in [5.41, 5.74) is -0.434. The van der Waals surface area contributed by atoms with Crippen LogP contribution in [0.3, 0.4) is 0 Å². The van der Waals surface area contributed by atoms with Gasteiger partial charge in [0.05, 0.1) is 75.3 Å². The van der Waals surface area contributed by atoms with Gasteiger partial charge >= 0.3 is 0 Å². The summed E-state index contributed by atoms with van der Waals surface area (Å²) in [6.45, 7) is 25.7. The summed E-state index contributed by atoms with van der Waals surface area (Å²) in [6.07, 6.45) is 0. The van der Waals surface area contributed by atoms with Crippen LogP contribution in [0.15, 0.2) is 0 Å². The molecule has 0 unspecified atom stereocenters. The average Bonchev–Trinajstić information content (AvgIpc) is 2.60. The maximum Gasteiger partial charge on any atom is 0.0704 e. The van der Waals surface area contributed by atoms with E-state index in [0.29, 0.717) is 26.4 Å². The molecular weight excluding hydrogens is 464 g/mol. The average molecular weight is 521 g/mol. The third kappa shape index (κ3) is 72.0. The molecule has 0 aromatic heterocycles. The van der Waals surface area contributed by atoms with Crippen LogP contribution in [0.5, 0.6) is 0 Å². The molecule has 4 N–H and O–H groups in total. The maximum absolute atomic E-state index is 8.30. The fraction of sp³-hybridized carbons (Fsp3) is 1.00. The molecule has 0 rings (SSSR count). The van der Waals surface area contributed by atoms with Crippen molar-refractivity contribution in [1.29, 1.82) is 0 Å². The number of aliphatic hydroxyl groups excluding tert-OH is 4. The second-order valence-electron chi connectivity index (χ2n) is 10.7. The van der Waals surface area contributed by atoms with Crippen molar-refractivity contribution in [2.24, 2.45) is 0 Å².